The summed E-state index contributed by atoms with van der Waals surface area (Å²) in [6.45, 7) is 3.81. The third-order valence-corrected chi connectivity index (χ3v) is 2.74. The van der Waals surface area contributed by atoms with Gasteiger partial charge >= 0.3 is 0 Å². The van der Waals surface area contributed by atoms with E-state index in [2.05, 4.69) is 22.0 Å². The number of nitrogens with two attached hydrogens (primary N) is 1. The van der Waals surface area contributed by atoms with Gasteiger partial charge in [-0.3, -0.25) is 0 Å². The fourth-order valence-corrected chi connectivity index (χ4v) is 1.72. The molecule has 1 rings (SSSR count). The minimum atomic E-state index is -0.418. The van der Waals surface area contributed by atoms with Crippen molar-refractivity contribution in [2.75, 3.05) is 0 Å². The van der Waals surface area contributed by atoms with Crippen molar-refractivity contribution in [3.63, 3.8) is 0 Å². The van der Waals surface area contributed by atoms with Crippen LogP contribution >= 0.6 is 15.9 Å². The standard InChI is InChI=1S/C12H15BrN2O/c1-3-10(7-14)16-12-5-4-9(13)6-11(12)8(2)15/h4-6,8,10H,3,15H2,1-2H3. The highest BCUT2D eigenvalue weighted by Gasteiger charge is 2.12. The molecule has 0 spiro atoms. The molecular weight excluding hydrogens is 268 g/mol. The van der Waals surface area contributed by atoms with Gasteiger partial charge < -0.3 is 10.5 Å². The first-order chi connectivity index (χ1) is 7.58. The number of ether oxygens (including phenoxy) is 1. The van der Waals surface area contributed by atoms with Crippen LogP contribution in [0.4, 0.5) is 0 Å². The van der Waals surface area contributed by atoms with Gasteiger partial charge in [0.2, 0.25) is 0 Å². The van der Waals surface area contributed by atoms with E-state index in [4.69, 9.17) is 15.7 Å². The fraction of sp³-hybridized carbons (Fsp3) is 0.417. The third-order valence-electron chi connectivity index (χ3n) is 2.25. The Morgan fingerprint density at radius 2 is 2.25 bits per heavy atom. The maximum absolute atomic E-state index is 8.86. The summed E-state index contributed by atoms with van der Waals surface area (Å²) >= 11 is 3.39. The maximum atomic E-state index is 8.86. The molecule has 1 aromatic carbocycles. The number of hydrogen-bond donors (Lipinski definition) is 1. The van der Waals surface area contributed by atoms with Crippen molar-refractivity contribution in [2.45, 2.75) is 32.4 Å². The van der Waals surface area contributed by atoms with Crippen molar-refractivity contribution in [1.82, 2.24) is 0 Å². The van der Waals surface area contributed by atoms with Crippen molar-refractivity contribution < 1.29 is 4.74 Å². The van der Waals surface area contributed by atoms with Crippen molar-refractivity contribution >= 4 is 15.9 Å². The fourth-order valence-electron chi connectivity index (χ4n) is 1.34. The summed E-state index contributed by atoms with van der Waals surface area (Å²) in [6.07, 6.45) is 0.240. The Morgan fingerprint density at radius 3 is 2.75 bits per heavy atom. The lowest BCUT2D eigenvalue weighted by Crippen LogP contribution is -2.15. The van der Waals surface area contributed by atoms with Gasteiger partial charge in [0, 0.05) is 16.1 Å². The van der Waals surface area contributed by atoms with E-state index in [1.165, 1.54) is 0 Å². The minimum Gasteiger partial charge on any atom is -0.475 e. The summed E-state index contributed by atoms with van der Waals surface area (Å²) in [5.41, 5.74) is 6.76. The molecule has 2 atom stereocenters. The molecule has 16 heavy (non-hydrogen) atoms. The van der Waals surface area contributed by atoms with Gasteiger partial charge in [-0.15, -0.1) is 0 Å². The SMILES string of the molecule is CCC(C#N)Oc1ccc(Br)cc1C(C)N. The number of halogens is 1. The van der Waals surface area contributed by atoms with Gasteiger partial charge in [0.05, 0.1) is 0 Å². The molecule has 0 aliphatic rings. The molecule has 1 aromatic rings. The second-order valence-corrected chi connectivity index (χ2v) is 4.53. The summed E-state index contributed by atoms with van der Waals surface area (Å²) in [5.74, 6) is 0.687. The monoisotopic (exact) mass is 282 g/mol. The second kappa shape index (κ2) is 5.88. The summed E-state index contributed by atoms with van der Waals surface area (Å²) in [7, 11) is 0. The van der Waals surface area contributed by atoms with Gasteiger partial charge in [0.25, 0.3) is 0 Å². The Labute approximate surface area is 104 Å². The average molecular weight is 283 g/mol. The molecule has 2 N–H and O–H groups in total. The minimum absolute atomic E-state index is 0.122. The van der Waals surface area contributed by atoms with Gasteiger partial charge in [0.1, 0.15) is 11.8 Å². The molecule has 0 radical (unpaired) electrons. The molecule has 0 bridgehead atoms. The normalized spacial score (nSPS) is 13.9. The average Bonchev–Trinajstić information content (AvgIpc) is 2.27. The van der Waals surface area contributed by atoms with Crippen LogP contribution in [0.15, 0.2) is 22.7 Å². The second-order valence-electron chi connectivity index (χ2n) is 3.61. The largest absolute Gasteiger partial charge is 0.475 e. The molecule has 4 heteroatoms. The van der Waals surface area contributed by atoms with E-state index in [1.807, 2.05) is 32.0 Å². The Bertz CT molecular complexity index is 398. The van der Waals surface area contributed by atoms with Gasteiger partial charge in [-0.05, 0) is 31.5 Å². The van der Waals surface area contributed by atoms with Crippen LogP contribution in [0.25, 0.3) is 0 Å². The maximum Gasteiger partial charge on any atom is 0.184 e. The van der Waals surface area contributed by atoms with Crippen molar-refractivity contribution in [2.24, 2.45) is 5.73 Å². The zero-order chi connectivity index (χ0) is 12.1. The predicted octanol–water partition coefficient (Wildman–Crippen LogP) is 3.15. The Hall–Kier alpha value is -1.05. The molecule has 0 saturated carbocycles. The topological polar surface area (TPSA) is 59.0 Å². The molecule has 0 heterocycles. The lowest BCUT2D eigenvalue weighted by Gasteiger charge is -2.16. The highest BCUT2D eigenvalue weighted by atomic mass is 79.9. The smallest absolute Gasteiger partial charge is 0.184 e. The van der Waals surface area contributed by atoms with Crippen molar-refractivity contribution in [1.29, 1.82) is 5.26 Å². The Kier molecular flexibility index (Phi) is 4.78. The predicted molar refractivity (Wildman–Crippen MR) is 67.1 cm³/mol. The third kappa shape index (κ3) is 3.22. The quantitative estimate of drug-likeness (QED) is 0.923. The lowest BCUT2D eigenvalue weighted by molar-refractivity contribution is 0.248. The van der Waals surface area contributed by atoms with E-state index < -0.39 is 6.10 Å². The van der Waals surface area contributed by atoms with E-state index in [9.17, 15) is 0 Å². The number of nitrogens with zero attached hydrogens (tertiary/aromatic N) is 1. The van der Waals surface area contributed by atoms with Gasteiger partial charge in [-0.2, -0.15) is 5.26 Å². The van der Waals surface area contributed by atoms with Gasteiger partial charge in [-0.25, -0.2) is 0 Å². The van der Waals surface area contributed by atoms with E-state index in [0.717, 1.165) is 10.0 Å². The van der Waals surface area contributed by atoms with Gasteiger partial charge in [0.15, 0.2) is 6.10 Å². The van der Waals surface area contributed by atoms with E-state index in [0.29, 0.717) is 12.2 Å². The summed E-state index contributed by atoms with van der Waals surface area (Å²) in [6, 6.07) is 7.62. The highest BCUT2D eigenvalue weighted by Crippen LogP contribution is 2.28. The van der Waals surface area contributed by atoms with E-state index >= 15 is 0 Å². The summed E-state index contributed by atoms with van der Waals surface area (Å²) in [4.78, 5) is 0. The molecule has 0 aliphatic heterocycles. The Morgan fingerprint density at radius 1 is 1.56 bits per heavy atom. The first kappa shape index (κ1) is 13.0. The molecule has 0 aromatic heterocycles. The van der Waals surface area contributed by atoms with E-state index in [1.54, 1.807) is 0 Å². The first-order valence-corrected chi connectivity index (χ1v) is 5.99. The molecule has 0 saturated heterocycles. The van der Waals surface area contributed by atoms with Crippen molar-refractivity contribution in [3.05, 3.63) is 28.2 Å². The molecular formula is C12H15BrN2O. The molecule has 0 fully saturated rings. The molecule has 3 nitrogen and oxygen atoms in total. The van der Waals surface area contributed by atoms with Crippen LogP contribution in [-0.2, 0) is 0 Å². The Balaban J connectivity index is 3.00. The lowest BCUT2D eigenvalue weighted by atomic mass is 10.1. The molecule has 0 aliphatic carbocycles. The number of rotatable bonds is 4. The van der Waals surface area contributed by atoms with Crippen LogP contribution in [0, 0.1) is 11.3 Å². The molecule has 0 amide bonds. The van der Waals surface area contributed by atoms with Crippen LogP contribution in [0.3, 0.4) is 0 Å². The zero-order valence-corrected chi connectivity index (χ0v) is 11.0. The van der Waals surface area contributed by atoms with Crippen LogP contribution in [-0.4, -0.2) is 6.10 Å². The van der Waals surface area contributed by atoms with Crippen LogP contribution in [0.1, 0.15) is 31.9 Å². The number of nitriles is 1. The van der Waals surface area contributed by atoms with Crippen LogP contribution in [0.2, 0.25) is 0 Å². The van der Waals surface area contributed by atoms with Gasteiger partial charge in [-0.1, -0.05) is 22.9 Å². The van der Waals surface area contributed by atoms with Crippen LogP contribution in [0.5, 0.6) is 5.75 Å². The summed E-state index contributed by atoms with van der Waals surface area (Å²) < 4.78 is 6.55. The summed E-state index contributed by atoms with van der Waals surface area (Å²) in [5, 5.41) is 8.86. The van der Waals surface area contributed by atoms with E-state index in [-0.39, 0.29) is 6.04 Å². The van der Waals surface area contributed by atoms with Crippen LogP contribution < -0.4 is 10.5 Å². The van der Waals surface area contributed by atoms with Crippen molar-refractivity contribution in [3.8, 4) is 11.8 Å². The highest BCUT2D eigenvalue weighted by molar-refractivity contribution is 9.10. The molecule has 2 unspecified atom stereocenters. The zero-order valence-electron chi connectivity index (χ0n) is 9.40. The number of benzene rings is 1. The first-order valence-electron chi connectivity index (χ1n) is 5.19. The number of hydrogen-bond acceptors (Lipinski definition) is 3. The molecule has 86 valence electrons.